The Morgan fingerprint density at radius 1 is 1.21 bits per heavy atom. The van der Waals surface area contributed by atoms with Crippen molar-refractivity contribution in [3.05, 3.63) is 0 Å². The zero-order valence-corrected chi connectivity index (χ0v) is 9.68. The summed E-state index contributed by atoms with van der Waals surface area (Å²) < 4.78 is 0. The van der Waals surface area contributed by atoms with Crippen LogP contribution < -0.4 is 5.32 Å². The molecule has 1 saturated carbocycles. The van der Waals surface area contributed by atoms with Crippen LogP contribution in [0.2, 0.25) is 0 Å². The summed E-state index contributed by atoms with van der Waals surface area (Å²) >= 11 is 0. The molecule has 0 unspecified atom stereocenters. The highest BCUT2D eigenvalue weighted by Crippen LogP contribution is 2.28. The molecule has 0 spiro atoms. The van der Waals surface area contributed by atoms with Crippen molar-refractivity contribution in [1.82, 2.24) is 5.32 Å². The summed E-state index contributed by atoms with van der Waals surface area (Å²) in [6.07, 6.45) is 6.85. The van der Waals surface area contributed by atoms with Crippen molar-refractivity contribution in [3.63, 3.8) is 0 Å². The Labute approximate surface area is 88.1 Å². The second-order valence-corrected chi connectivity index (χ2v) is 4.74. The molecule has 2 nitrogen and oxygen atoms in total. The van der Waals surface area contributed by atoms with Crippen molar-refractivity contribution >= 4 is 0 Å². The standard InChI is InChI=1S/C12H25NO/c1-3-11(4-2)9-13-10-12(14)7-5-6-8-12/h11,13-14H,3-10H2,1-2H3. The van der Waals surface area contributed by atoms with Crippen LogP contribution in [0.25, 0.3) is 0 Å². The Balaban J connectivity index is 2.13. The van der Waals surface area contributed by atoms with Gasteiger partial charge in [-0.15, -0.1) is 0 Å². The van der Waals surface area contributed by atoms with Crippen LogP contribution in [0.3, 0.4) is 0 Å². The normalized spacial score (nSPS) is 20.6. The lowest BCUT2D eigenvalue weighted by atomic mass is 10.0. The first-order chi connectivity index (χ1) is 6.70. The van der Waals surface area contributed by atoms with E-state index in [1.807, 2.05) is 0 Å². The highest BCUT2D eigenvalue weighted by Gasteiger charge is 2.30. The lowest BCUT2D eigenvalue weighted by Gasteiger charge is -2.24. The van der Waals surface area contributed by atoms with Crippen molar-refractivity contribution in [3.8, 4) is 0 Å². The molecule has 0 radical (unpaired) electrons. The fourth-order valence-corrected chi connectivity index (χ4v) is 2.30. The van der Waals surface area contributed by atoms with Gasteiger partial charge >= 0.3 is 0 Å². The topological polar surface area (TPSA) is 32.3 Å². The van der Waals surface area contributed by atoms with Crippen LogP contribution in [-0.2, 0) is 0 Å². The van der Waals surface area contributed by atoms with Gasteiger partial charge in [0.2, 0.25) is 0 Å². The molecule has 1 rings (SSSR count). The van der Waals surface area contributed by atoms with Gasteiger partial charge in [-0.3, -0.25) is 0 Å². The van der Waals surface area contributed by atoms with E-state index in [1.165, 1.54) is 25.7 Å². The van der Waals surface area contributed by atoms with Gasteiger partial charge < -0.3 is 10.4 Å². The zero-order chi connectivity index (χ0) is 10.4. The maximum atomic E-state index is 10.1. The fourth-order valence-electron chi connectivity index (χ4n) is 2.30. The van der Waals surface area contributed by atoms with E-state index in [9.17, 15) is 5.11 Å². The lowest BCUT2D eigenvalue weighted by Crippen LogP contribution is -2.39. The maximum absolute atomic E-state index is 10.1. The van der Waals surface area contributed by atoms with Crippen LogP contribution >= 0.6 is 0 Å². The molecule has 0 saturated heterocycles. The van der Waals surface area contributed by atoms with Crippen molar-refractivity contribution in [2.45, 2.75) is 58.0 Å². The average Bonchev–Trinajstić information content (AvgIpc) is 2.60. The molecule has 0 aliphatic heterocycles. The summed E-state index contributed by atoms with van der Waals surface area (Å²) in [6.45, 7) is 6.33. The summed E-state index contributed by atoms with van der Waals surface area (Å²) in [6, 6.07) is 0. The number of rotatable bonds is 6. The van der Waals surface area contributed by atoms with Crippen molar-refractivity contribution in [2.24, 2.45) is 5.92 Å². The smallest absolute Gasteiger partial charge is 0.0771 e. The number of nitrogens with one attached hydrogen (secondary N) is 1. The molecule has 2 heteroatoms. The average molecular weight is 199 g/mol. The first-order valence-corrected chi connectivity index (χ1v) is 6.13. The summed E-state index contributed by atoms with van der Waals surface area (Å²) in [5.74, 6) is 0.778. The van der Waals surface area contributed by atoms with Gasteiger partial charge in [-0.1, -0.05) is 39.5 Å². The molecule has 1 aliphatic rings. The van der Waals surface area contributed by atoms with E-state index in [0.29, 0.717) is 0 Å². The Morgan fingerprint density at radius 2 is 1.79 bits per heavy atom. The highest BCUT2D eigenvalue weighted by atomic mass is 16.3. The summed E-state index contributed by atoms with van der Waals surface area (Å²) in [7, 11) is 0. The summed E-state index contributed by atoms with van der Waals surface area (Å²) in [5, 5.41) is 13.5. The van der Waals surface area contributed by atoms with E-state index in [-0.39, 0.29) is 5.60 Å². The molecule has 0 aromatic rings. The van der Waals surface area contributed by atoms with Gasteiger partial charge in [-0.2, -0.15) is 0 Å². The lowest BCUT2D eigenvalue weighted by molar-refractivity contribution is 0.0468. The number of hydrogen-bond donors (Lipinski definition) is 2. The Bertz CT molecular complexity index is 148. The van der Waals surface area contributed by atoms with E-state index in [4.69, 9.17) is 0 Å². The van der Waals surface area contributed by atoms with Crippen LogP contribution in [-0.4, -0.2) is 23.8 Å². The van der Waals surface area contributed by atoms with Gasteiger partial charge in [0, 0.05) is 6.54 Å². The quantitative estimate of drug-likeness (QED) is 0.688. The molecule has 84 valence electrons. The van der Waals surface area contributed by atoms with Crippen molar-refractivity contribution in [1.29, 1.82) is 0 Å². The third-order valence-corrected chi connectivity index (χ3v) is 3.58. The predicted octanol–water partition coefficient (Wildman–Crippen LogP) is 2.32. The van der Waals surface area contributed by atoms with Crippen molar-refractivity contribution in [2.75, 3.05) is 13.1 Å². The molecule has 0 aromatic heterocycles. The van der Waals surface area contributed by atoms with Gasteiger partial charge in [0.1, 0.15) is 0 Å². The maximum Gasteiger partial charge on any atom is 0.0771 e. The molecule has 0 aromatic carbocycles. The molecule has 2 N–H and O–H groups in total. The molecular formula is C12H25NO. The minimum atomic E-state index is -0.383. The van der Waals surface area contributed by atoms with E-state index in [0.717, 1.165) is 31.8 Å². The van der Waals surface area contributed by atoms with Crippen LogP contribution in [0.4, 0.5) is 0 Å². The predicted molar refractivity (Wildman–Crippen MR) is 60.4 cm³/mol. The van der Waals surface area contributed by atoms with Gasteiger partial charge in [0.05, 0.1) is 5.60 Å². The molecule has 1 fully saturated rings. The third-order valence-electron chi connectivity index (χ3n) is 3.58. The van der Waals surface area contributed by atoms with Crippen LogP contribution in [0, 0.1) is 5.92 Å². The van der Waals surface area contributed by atoms with Gasteiger partial charge in [-0.05, 0) is 25.3 Å². The molecule has 14 heavy (non-hydrogen) atoms. The molecular weight excluding hydrogens is 174 g/mol. The zero-order valence-electron chi connectivity index (χ0n) is 9.68. The second kappa shape index (κ2) is 5.72. The van der Waals surface area contributed by atoms with Crippen LogP contribution in [0.5, 0.6) is 0 Å². The Morgan fingerprint density at radius 3 is 2.29 bits per heavy atom. The largest absolute Gasteiger partial charge is 0.389 e. The van der Waals surface area contributed by atoms with Gasteiger partial charge in [0.25, 0.3) is 0 Å². The Kier molecular flexibility index (Phi) is 4.90. The highest BCUT2D eigenvalue weighted by molar-refractivity contribution is 4.86. The van der Waals surface area contributed by atoms with Crippen LogP contribution in [0.1, 0.15) is 52.4 Å². The Hall–Kier alpha value is -0.0800. The molecule has 0 amide bonds. The summed E-state index contributed by atoms with van der Waals surface area (Å²) in [4.78, 5) is 0. The first kappa shape index (κ1) is 12.0. The minimum Gasteiger partial charge on any atom is -0.389 e. The van der Waals surface area contributed by atoms with Crippen LogP contribution in [0.15, 0.2) is 0 Å². The number of hydrogen-bond acceptors (Lipinski definition) is 2. The SMILES string of the molecule is CCC(CC)CNCC1(O)CCCC1. The summed E-state index contributed by atoms with van der Waals surface area (Å²) in [5.41, 5.74) is -0.383. The monoisotopic (exact) mass is 199 g/mol. The molecule has 0 bridgehead atoms. The van der Waals surface area contributed by atoms with E-state index >= 15 is 0 Å². The number of aliphatic hydroxyl groups is 1. The fraction of sp³-hybridized carbons (Fsp3) is 1.00. The molecule has 1 aliphatic carbocycles. The van der Waals surface area contributed by atoms with E-state index in [2.05, 4.69) is 19.2 Å². The first-order valence-electron chi connectivity index (χ1n) is 6.13. The van der Waals surface area contributed by atoms with E-state index in [1.54, 1.807) is 0 Å². The molecule has 0 atom stereocenters. The van der Waals surface area contributed by atoms with Gasteiger partial charge in [0.15, 0.2) is 0 Å². The van der Waals surface area contributed by atoms with E-state index < -0.39 is 0 Å². The third kappa shape index (κ3) is 3.58. The second-order valence-electron chi connectivity index (χ2n) is 4.74. The van der Waals surface area contributed by atoms with Crippen molar-refractivity contribution < 1.29 is 5.11 Å². The molecule has 0 heterocycles. The van der Waals surface area contributed by atoms with Gasteiger partial charge in [-0.25, -0.2) is 0 Å². The minimum absolute atomic E-state index is 0.383.